The maximum Gasteiger partial charge on any atom is 0.333 e. The highest BCUT2D eigenvalue weighted by Gasteiger charge is 2.17. The number of nitrogens with zero attached hydrogens (tertiary/aromatic N) is 3. The molecular weight excluding hydrogens is 388 g/mol. The smallest absolute Gasteiger partial charge is 0.333 e. The van der Waals surface area contributed by atoms with Crippen molar-refractivity contribution in [2.45, 2.75) is 0 Å². The first-order valence-electron chi connectivity index (χ1n) is 9.02. The molecule has 0 unspecified atom stereocenters. The lowest BCUT2D eigenvalue weighted by Crippen LogP contribution is -2.14. The number of ether oxygens (including phenoxy) is 4. The van der Waals surface area contributed by atoms with Crippen molar-refractivity contribution in [1.29, 1.82) is 0 Å². The quantitative estimate of drug-likeness (QED) is 0.524. The summed E-state index contributed by atoms with van der Waals surface area (Å²) in [5.74, 6) is 2.16. The Morgan fingerprint density at radius 3 is 2.13 bits per heavy atom. The molecule has 0 saturated carbocycles. The van der Waals surface area contributed by atoms with Crippen molar-refractivity contribution in [3.8, 4) is 39.9 Å². The molecule has 2 aromatic heterocycles. The highest BCUT2D eigenvalue weighted by Crippen LogP contribution is 2.40. The van der Waals surface area contributed by atoms with Crippen LogP contribution in [0.15, 0.2) is 47.4 Å². The number of aromatic amines is 1. The van der Waals surface area contributed by atoms with Gasteiger partial charge in [-0.3, -0.25) is 4.98 Å². The minimum Gasteiger partial charge on any atom is -0.497 e. The number of fused-ring (bicyclic) bond motifs is 1. The van der Waals surface area contributed by atoms with Crippen molar-refractivity contribution in [2.75, 3.05) is 28.4 Å². The molecule has 2 aromatic carbocycles. The van der Waals surface area contributed by atoms with E-state index in [0.717, 1.165) is 0 Å². The van der Waals surface area contributed by atoms with E-state index in [1.54, 1.807) is 71.0 Å². The number of hydrogen-bond acceptors (Lipinski definition) is 7. The van der Waals surface area contributed by atoms with E-state index in [2.05, 4.69) is 15.0 Å². The zero-order chi connectivity index (χ0) is 21.3. The van der Waals surface area contributed by atoms with E-state index in [1.165, 1.54) is 4.57 Å². The molecule has 9 nitrogen and oxygen atoms in total. The van der Waals surface area contributed by atoms with Crippen molar-refractivity contribution < 1.29 is 18.9 Å². The highest BCUT2D eigenvalue weighted by molar-refractivity contribution is 5.75. The van der Waals surface area contributed by atoms with Gasteiger partial charge in [-0.25, -0.2) is 19.3 Å². The summed E-state index contributed by atoms with van der Waals surface area (Å²) in [6.45, 7) is 0. The number of H-pyrrole nitrogens is 1. The Morgan fingerprint density at radius 1 is 0.900 bits per heavy atom. The van der Waals surface area contributed by atoms with Gasteiger partial charge >= 0.3 is 5.69 Å². The summed E-state index contributed by atoms with van der Waals surface area (Å²) in [6.07, 6.45) is 1.58. The van der Waals surface area contributed by atoms with Gasteiger partial charge in [0.1, 0.15) is 5.75 Å². The monoisotopic (exact) mass is 408 g/mol. The maximum atomic E-state index is 12.6. The fourth-order valence-corrected chi connectivity index (χ4v) is 3.22. The summed E-state index contributed by atoms with van der Waals surface area (Å²) in [4.78, 5) is 24.3. The van der Waals surface area contributed by atoms with E-state index in [9.17, 15) is 4.79 Å². The molecular formula is C21H20N4O5. The van der Waals surface area contributed by atoms with Gasteiger partial charge < -0.3 is 18.9 Å². The van der Waals surface area contributed by atoms with Crippen molar-refractivity contribution in [3.05, 3.63) is 53.1 Å². The van der Waals surface area contributed by atoms with Gasteiger partial charge in [-0.2, -0.15) is 0 Å². The number of aromatic nitrogens is 4. The van der Waals surface area contributed by atoms with Gasteiger partial charge in [0, 0.05) is 5.56 Å². The second kappa shape index (κ2) is 7.78. The molecule has 0 fully saturated rings. The van der Waals surface area contributed by atoms with Gasteiger partial charge in [-0.15, -0.1) is 0 Å². The predicted molar refractivity (Wildman–Crippen MR) is 111 cm³/mol. The fraction of sp³-hybridized carbons (Fsp3) is 0.190. The summed E-state index contributed by atoms with van der Waals surface area (Å²) < 4.78 is 22.9. The standard InChI is InChI=1S/C21H20N4O5/c1-27-14-7-5-13(6-8-14)25-20-19(24-21(25)26)22-11-15(23-20)12-9-16(28-2)18(30-4)17(10-12)29-3/h5-11H,1-4H3,(H,22,24,26). The normalized spacial score (nSPS) is 10.8. The van der Waals surface area contributed by atoms with Crippen LogP contribution in [0.5, 0.6) is 23.0 Å². The average molecular weight is 408 g/mol. The third-order valence-corrected chi connectivity index (χ3v) is 4.69. The Balaban J connectivity index is 1.89. The Labute approximate surface area is 171 Å². The number of methoxy groups -OCH3 is 4. The van der Waals surface area contributed by atoms with Crippen LogP contribution in [0.25, 0.3) is 28.2 Å². The summed E-state index contributed by atoms with van der Waals surface area (Å²) in [6, 6.07) is 10.7. The van der Waals surface area contributed by atoms with Gasteiger partial charge in [0.25, 0.3) is 0 Å². The van der Waals surface area contributed by atoms with Crippen LogP contribution in [0.2, 0.25) is 0 Å². The second-order valence-corrected chi connectivity index (χ2v) is 6.31. The summed E-state index contributed by atoms with van der Waals surface area (Å²) in [5.41, 5.74) is 2.33. The van der Waals surface area contributed by atoms with E-state index in [-0.39, 0.29) is 5.69 Å². The largest absolute Gasteiger partial charge is 0.497 e. The summed E-state index contributed by atoms with van der Waals surface area (Å²) in [5, 5.41) is 0. The van der Waals surface area contributed by atoms with Crippen LogP contribution in [0.4, 0.5) is 0 Å². The third kappa shape index (κ3) is 3.20. The molecule has 0 radical (unpaired) electrons. The lowest BCUT2D eigenvalue weighted by molar-refractivity contribution is 0.324. The number of benzene rings is 2. The Morgan fingerprint density at radius 2 is 1.57 bits per heavy atom. The van der Waals surface area contributed by atoms with Crippen LogP contribution in [0.3, 0.4) is 0 Å². The number of nitrogens with one attached hydrogen (secondary N) is 1. The molecule has 4 rings (SSSR count). The number of rotatable bonds is 6. The second-order valence-electron chi connectivity index (χ2n) is 6.31. The van der Waals surface area contributed by atoms with E-state index in [0.29, 0.717) is 51.2 Å². The highest BCUT2D eigenvalue weighted by atomic mass is 16.5. The zero-order valence-corrected chi connectivity index (χ0v) is 16.9. The van der Waals surface area contributed by atoms with Crippen LogP contribution in [0.1, 0.15) is 0 Å². The number of hydrogen-bond donors (Lipinski definition) is 1. The molecule has 0 spiro atoms. The van der Waals surface area contributed by atoms with E-state index >= 15 is 0 Å². The first-order chi connectivity index (χ1) is 14.6. The molecule has 30 heavy (non-hydrogen) atoms. The van der Waals surface area contributed by atoms with Crippen LogP contribution in [0, 0.1) is 0 Å². The molecule has 4 aromatic rings. The summed E-state index contributed by atoms with van der Waals surface area (Å²) >= 11 is 0. The minimum atomic E-state index is -0.336. The molecule has 0 amide bonds. The minimum absolute atomic E-state index is 0.336. The fourth-order valence-electron chi connectivity index (χ4n) is 3.22. The number of imidazole rings is 1. The van der Waals surface area contributed by atoms with Gasteiger partial charge in [-0.1, -0.05) is 0 Å². The van der Waals surface area contributed by atoms with Crippen LogP contribution in [-0.4, -0.2) is 48.0 Å². The SMILES string of the molecule is COc1ccc(-n2c(=O)[nH]c3ncc(-c4cc(OC)c(OC)c(OC)c4)nc32)cc1. The first-order valence-corrected chi connectivity index (χ1v) is 9.02. The molecule has 9 heteroatoms. The van der Waals surface area contributed by atoms with Crippen LogP contribution < -0.4 is 24.6 Å². The van der Waals surface area contributed by atoms with Crippen LogP contribution in [-0.2, 0) is 0 Å². The van der Waals surface area contributed by atoms with Gasteiger partial charge in [0.05, 0.1) is 46.0 Å². The van der Waals surface area contributed by atoms with Crippen molar-refractivity contribution in [1.82, 2.24) is 19.5 Å². The average Bonchev–Trinajstić information content (AvgIpc) is 3.12. The topological polar surface area (TPSA) is 100 Å². The van der Waals surface area contributed by atoms with Crippen LogP contribution >= 0.6 is 0 Å². The van der Waals surface area contributed by atoms with Gasteiger partial charge in [0.15, 0.2) is 22.8 Å². The molecule has 0 aliphatic carbocycles. The van der Waals surface area contributed by atoms with Gasteiger partial charge in [0.2, 0.25) is 5.75 Å². The van der Waals surface area contributed by atoms with Crippen molar-refractivity contribution >= 4 is 11.3 Å². The zero-order valence-electron chi connectivity index (χ0n) is 16.9. The molecule has 1 N–H and O–H groups in total. The summed E-state index contributed by atoms with van der Waals surface area (Å²) in [7, 11) is 6.22. The molecule has 0 atom stereocenters. The Bertz CT molecular complexity index is 1240. The molecule has 2 heterocycles. The van der Waals surface area contributed by atoms with E-state index in [1.807, 2.05) is 0 Å². The molecule has 0 aliphatic rings. The molecule has 0 aliphatic heterocycles. The Hall–Kier alpha value is -4.01. The van der Waals surface area contributed by atoms with Gasteiger partial charge in [-0.05, 0) is 36.4 Å². The molecule has 0 bridgehead atoms. The molecule has 154 valence electrons. The third-order valence-electron chi connectivity index (χ3n) is 4.69. The predicted octanol–water partition coefficient (Wildman–Crippen LogP) is 2.81. The first kappa shape index (κ1) is 19.3. The van der Waals surface area contributed by atoms with Crippen molar-refractivity contribution in [3.63, 3.8) is 0 Å². The van der Waals surface area contributed by atoms with Crippen molar-refractivity contribution in [2.24, 2.45) is 0 Å². The van der Waals surface area contributed by atoms with E-state index in [4.69, 9.17) is 18.9 Å². The Kier molecular flexibility index (Phi) is 5.01. The lowest BCUT2D eigenvalue weighted by atomic mass is 10.1. The molecule has 0 saturated heterocycles. The lowest BCUT2D eigenvalue weighted by Gasteiger charge is -2.14. The maximum absolute atomic E-state index is 12.6. The van der Waals surface area contributed by atoms with E-state index < -0.39 is 0 Å².